The molecule has 0 aliphatic rings. The Morgan fingerprint density at radius 3 is 2.68 bits per heavy atom. The largest absolute Gasteiger partial charge is 0.411 e. The summed E-state index contributed by atoms with van der Waals surface area (Å²) >= 11 is 7.01. The zero-order chi connectivity index (χ0) is 19.9. The molecular formula is C19H17ClN4O3S. The summed E-state index contributed by atoms with van der Waals surface area (Å²) in [6, 6.07) is 14.1. The number of carbonyl (C=O) groups excluding carboxylic acids is 2. The average Bonchev–Trinajstić information content (AvgIpc) is 3.20. The lowest BCUT2D eigenvalue weighted by atomic mass is 10.1. The molecular weight excluding hydrogens is 400 g/mol. The van der Waals surface area contributed by atoms with Crippen molar-refractivity contribution in [1.29, 1.82) is 0 Å². The smallest absolute Gasteiger partial charge is 0.277 e. The van der Waals surface area contributed by atoms with Crippen LogP contribution >= 0.6 is 23.4 Å². The first-order valence-electron chi connectivity index (χ1n) is 8.35. The highest BCUT2D eigenvalue weighted by Gasteiger charge is 2.11. The van der Waals surface area contributed by atoms with Crippen molar-refractivity contribution >= 4 is 35.2 Å². The molecule has 0 saturated heterocycles. The summed E-state index contributed by atoms with van der Waals surface area (Å²) in [4.78, 5) is 23.7. The van der Waals surface area contributed by atoms with E-state index < -0.39 is 0 Å². The lowest BCUT2D eigenvalue weighted by Gasteiger charge is -2.06. The van der Waals surface area contributed by atoms with Gasteiger partial charge in [0.2, 0.25) is 11.8 Å². The van der Waals surface area contributed by atoms with Crippen LogP contribution < -0.4 is 10.6 Å². The van der Waals surface area contributed by atoms with Gasteiger partial charge < -0.3 is 15.1 Å². The summed E-state index contributed by atoms with van der Waals surface area (Å²) in [6.07, 6.45) is 0. The van der Waals surface area contributed by atoms with Crippen molar-refractivity contribution < 1.29 is 14.0 Å². The Labute approximate surface area is 170 Å². The molecule has 2 aromatic carbocycles. The maximum Gasteiger partial charge on any atom is 0.277 e. The molecule has 9 heteroatoms. The molecule has 3 rings (SSSR count). The van der Waals surface area contributed by atoms with E-state index in [4.69, 9.17) is 16.0 Å². The summed E-state index contributed by atoms with van der Waals surface area (Å²) < 4.78 is 5.55. The maximum absolute atomic E-state index is 12.1. The van der Waals surface area contributed by atoms with Crippen LogP contribution in [0.15, 0.2) is 58.2 Å². The Morgan fingerprint density at radius 1 is 1.14 bits per heavy atom. The Hall–Kier alpha value is -2.84. The van der Waals surface area contributed by atoms with Crippen molar-refractivity contribution in [1.82, 2.24) is 20.8 Å². The van der Waals surface area contributed by atoms with Crippen molar-refractivity contribution in [2.24, 2.45) is 0 Å². The molecule has 144 valence electrons. The Balaban J connectivity index is 1.50. The van der Waals surface area contributed by atoms with E-state index in [1.54, 1.807) is 49.5 Å². The highest BCUT2D eigenvalue weighted by atomic mass is 35.5. The van der Waals surface area contributed by atoms with Gasteiger partial charge in [0.15, 0.2) is 0 Å². The van der Waals surface area contributed by atoms with Gasteiger partial charge in [-0.3, -0.25) is 9.59 Å². The molecule has 0 bridgehead atoms. The van der Waals surface area contributed by atoms with Crippen LogP contribution in [0.3, 0.4) is 0 Å². The van der Waals surface area contributed by atoms with Crippen LogP contribution in [0.4, 0.5) is 0 Å². The second-order valence-electron chi connectivity index (χ2n) is 5.72. The summed E-state index contributed by atoms with van der Waals surface area (Å²) in [6.45, 7) is 0.323. The molecule has 2 amide bonds. The van der Waals surface area contributed by atoms with Gasteiger partial charge in [-0.15, -0.1) is 10.2 Å². The highest BCUT2D eigenvalue weighted by Crippen LogP contribution is 2.24. The number of benzene rings is 2. The van der Waals surface area contributed by atoms with Gasteiger partial charge in [-0.25, -0.2) is 0 Å². The van der Waals surface area contributed by atoms with Gasteiger partial charge in [-0.1, -0.05) is 35.5 Å². The fourth-order valence-electron chi connectivity index (χ4n) is 2.32. The van der Waals surface area contributed by atoms with E-state index in [1.807, 2.05) is 6.07 Å². The Kier molecular flexibility index (Phi) is 6.67. The molecule has 7 nitrogen and oxygen atoms in total. The van der Waals surface area contributed by atoms with Gasteiger partial charge in [0, 0.05) is 29.7 Å². The predicted octanol–water partition coefficient (Wildman–Crippen LogP) is 3.16. The standard InChI is InChI=1S/C19H17ClN4O3S/c1-21-17(26)14-4-2-3-12(9-14)10-22-16(25)11-28-19-24-23-18(27-19)13-5-7-15(20)8-6-13/h2-9H,10-11H2,1H3,(H,21,26)(H,22,25). The monoisotopic (exact) mass is 416 g/mol. The summed E-state index contributed by atoms with van der Waals surface area (Å²) in [7, 11) is 1.57. The van der Waals surface area contributed by atoms with Crippen molar-refractivity contribution in [3.8, 4) is 11.5 Å². The lowest BCUT2D eigenvalue weighted by molar-refractivity contribution is -0.118. The number of hydrogen-bond donors (Lipinski definition) is 2. The predicted molar refractivity (Wildman–Crippen MR) is 107 cm³/mol. The van der Waals surface area contributed by atoms with Crippen LogP contribution in [0.5, 0.6) is 0 Å². The summed E-state index contributed by atoms with van der Waals surface area (Å²) in [5, 5.41) is 14.2. The molecule has 0 spiro atoms. The third kappa shape index (κ3) is 5.34. The van der Waals surface area contributed by atoms with E-state index in [0.717, 1.165) is 22.9 Å². The van der Waals surface area contributed by atoms with Gasteiger partial charge in [0.25, 0.3) is 11.1 Å². The number of rotatable bonds is 7. The van der Waals surface area contributed by atoms with Crippen LogP contribution in [0.2, 0.25) is 5.02 Å². The molecule has 0 aliphatic carbocycles. The van der Waals surface area contributed by atoms with E-state index in [1.165, 1.54) is 0 Å². The van der Waals surface area contributed by atoms with E-state index in [2.05, 4.69) is 20.8 Å². The fraction of sp³-hybridized carbons (Fsp3) is 0.158. The highest BCUT2D eigenvalue weighted by molar-refractivity contribution is 7.99. The first-order chi connectivity index (χ1) is 13.5. The van der Waals surface area contributed by atoms with Crippen LogP contribution in [0.1, 0.15) is 15.9 Å². The topological polar surface area (TPSA) is 97.1 Å². The SMILES string of the molecule is CNC(=O)c1cccc(CNC(=O)CSc2nnc(-c3ccc(Cl)cc3)o2)c1. The molecule has 1 aromatic heterocycles. The van der Waals surface area contributed by atoms with E-state index in [0.29, 0.717) is 28.2 Å². The number of hydrogen-bond acceptors (Lipinski definition) is 6. The quantitative estimate of drug-likeness (QED) is 0.574. The van der Waals surface area contributed by atoms with E-state index >= 15 is 0 Å². The molecule has 28 heavy (non-hydrogen) atoms. The van der Waals surface area contributed by atoms with Crippen LogP contribution in [0, 0.1) is 0 Å². The zero-order valence-electron chi connectivity index (χ0n) is 14.9. The number of aromatic nitrogens is 2. The number of thioether (sulfide) groups is 1. The van der Waals surface area contributed by atoms with Crippen molar-refractivity contribution in [3.63, 3.8) is 0 Å². The first-order valence-corrected chi connectivity index (χ1v) is 9.71. The lowest BCUT2D eigenvalue weighted by Crippen LogP contribution is -2.25. The summed E-state index contributed by atoms with van der Waals surface area (Å²) in [5.41, 5.74) is 2.13. The van der Waals surface area contributed by atoms with E-state index in [9.17, 15) is 9.59 Å². The van der Waals surface area contributed by atoms with E-state index in [-0.39, 0.29) is 17.6 Å². The van der Waals surface area contributed by atoms with Crippen molar-refractivity contribution in [2.75, 3.05) is 12.8 Å². The minimum atomic E-state index is -0.179. The number of halogens is 1. The molecule has 0 unspecified atom stereocenters. The van der Waals surface area contributed by atoms with Crippen molar-refractivity contribution in [2.45, 2.75) is 11.8 Å². The molecule has 0 aliphatic heterocycles. The zero-order valence-corrected chi connectivity index (χ0v) is 16.5. The van der Waals surface area contributed by atoms with Crippen LogP contribution in [-0.4, -0.2) is 34.8 Å². The number of nitrogens with one attached hydrogen (secondary N) is 2. The second kappa shape index (κ2) is 9.38. The first kappa shape index (κ1) is 19.9. The number of nitrogens with zero attached hydrogens (tertiary/aromatic N) is 2. The third-order valence-corrected chi connectivity index (χ3v) is 4.80. The third-order valence-electron chi connectivity index (χ3n) is 3.73. The van der Waals surface area contributed by atoms with Gasteiger partial charge >= 0.3 is 0 Å². The van der Waals surface area contributed by atoms with Crippen molar-refractivity contribution in [3.05, 3.63) is 64.7 Å². The average molecular weight is 417 g/mol. The van der Waals surface area contributed by atoms with Gasteiger partial charge in [0.1, 0.15) is 0 Å². The minimum absolute atomic E-state index is 0.136. The number of amides is 2. The normalized spacial score (nSPS) is 10.5. The molecule has 0 atom stereocenters. The van der Waals surface area contributed by atoms with Gasteiger partial charge in [-0.2, -0.15) is 0 Å². The molecule has 0 radical (unpaired) electrons. The van der Waals surface area contributed by atoms with Crippen LogP contribution in [0.25, 0.3) is 11.5 Å². The van der Waals surface area contributed by atoms with Gasteiger partial charge in [0.05, 0.1) is 5.75 Å². The fourth-order valence-corrected chi connectivity index (χ4v) is 3.04. The molecule has 3 aromatic rings. The molecule has 1 heterocycles. The molecule has 2 N–H and O–H groups in total. The molecule has 0 saturated carbocycles. The minimum Gasteiger partial charge on any atom is -0.411 e. The maximum atomic E-state index is 12.1. The molecule has 0 fully saturated rings. The van der Waals surface area contributed by atoms with Gasteiger partial charge in [-0.05, 0) is 42.0 Å². The second-order valence-corrected chi connectivity index (χ2v) is 7.09. The Bertz CT molecular complexity index is 975. The van der Waals surface area contributed by atoms with Crippen LogP contribution in [-0.2, 0) is 11.3 Å². The summed E-state index contributed by atoms with van der Waals surface area (Å²) in [5.74, 6) is 0.154. The number of carbonyl (C=O) groups is 2. The Morgan fingerprint density at radius 2 is 1.93 bits per heavy atom.